The van der Waals surface area contributed by atoms with Crippen molar-refractivity contribution in [3.05, 3.63) is 87.5 Å². The molecule has 2 heterocycles. The van der Waals surface area contributed by atoms with Gasteiger partial charge in [0.2, 0.25) is 0 Å². The smallest absolute Gasteiger partial charge is 0.288 e. The number of aryl methyl sites for hydroxylation is 1. The molecular weight excluding hydrogens is 346 g/mol. The highest BCUT2D eigenvalue weighted by Gasteiger charge is 2.19. The van der Waals surface area contributed by atoms with Crippen LogP contribution in [0.4, 0.5) is 5.69 Å². The molecule has 0 aliphatic carbocycles. The van der Waals surface area contributed by atoms with Crippen LogP contribution in [0.5, 0.6) is 0 Å². The fraction of sp³-hybridized carbons (Fsp3) is 0.211. The molecule has 0 bridgehead atoms. The molecule has 138 valence electrons. The highest BCUT2D eigenvalue weighted by atomic mass is 16.6. The Hall–Kier alpha value is -3.55. The van der Waals surface area contributed by atoms with E-state index in [1.165, 1.54) is 11.0 Å². The molecule has 1 aromatic carbocycles. The second-order valence-electron chi connectivity index (χ2n) is 6.28. The average molecular weight is 365 g/mol. The van der Waals surface area contributed by atoms with Gasteiger partial charge in [-0.1, -0.05) is 30.3 Å². The first-order chi connectivity index (χ1) is 12.9. The summed E-state index contributed by atoms with van der Waals surface area (Å²) < 4.78 is 1.81. The first-order valence-electron chi connectivity index (χ1n) is 8.36. The molecule has 27 heavy (non-hydrogen) atoms. The molecule has 0 fully saturated rings. The molecule has 3 aromatic rings. The number of aromatic nitrogens is 3. The molecule has 0 unspecified atom stereocenters. The highest BCUT2D eigenvalue weighted by molar-refractivity contribution is 5.95. The van der Waals surface area contributed by atoms with Crippen molar-refractivity contribution in [1.29, 1.82) is 0 Å². The monoisotopic (exact) mass is 365 g/mol. The zero-order chi connectivity index (χ0) is 19.4. The number of nitrogens with zero attached hydrogens (tertiary/aromatic N) is 5. The summed E-state index contributed by atoms with van der Waals surface area (Å²) >= 11 is 0. The minimum atomic E-state index is -0.559. The van der Waals surface area contributed by atoms with Crippen LogP contribution in [-0.4, -0.2) is 37.5 Å². The Balaban J connectivity index is 1.70. The zero-order valence-corrected chi connectivity index (χ0v) is 15.1. The van der Waals surface area contributed by atoms with Gasteiger partial charge in [0.25, 0.3) is 11.6 Å². The van der Waals surface area contributed by atoms with E-state index >= 15 is 0 Å². The Bertz CT molecular complexity index is 968. The average Bonchev–Trinajstić information content (AvgIpc) is 3.09. The fourth-order valence-electron chi connectivity index (χ4n) is 2.73. The van der Waals surface area contributed by atoms with E-state index in [1.807, 2.05) is 41.2 Å². The lowest BCUT2D eigenvalue weighted by molar-refractivity contribution is -0.385. The van der Waals surface area contributed by atoms with Crippen molar-refractivity contribution in [2.75, 3.05) is 7.05 Å². The van der Waals surface area contributed by atoms with E-state index in [0.717, 1.165) is 17.3 Å². The number of carbonyl (C=O) groups is 1. The SMILES string of the molecule is Cc1ncc([N+](=O)[O-])cc1C(=O)N(C)Cc1cnn(Cc2ccccc2)c1. The molecule has 0 radical (unpaired) electrons. The Morgan fingerprint density at radius 1 is 1.22 bits per heavy atom. The number of carbonyl (C=O) groups excluding carboxylic acids is 1. The molecule has 1 amide bonds. The third kappa shape index (κ3) is 4.35. The summed E-state index contributed by atoms with van der Waals surface area (Å²) in [7, 11) is 1.65. The van der Waals surface area contributed by atoms with Crippen LogP contribution >= 0.6 is 0 Å². The largest absolute Gasteiger partial charge is 0.337 e. The van der Waals surface area contributed by atoms with Gasteiger partial charge in [-0.3, -0.25) is 24.6 Å². The van der Waals surface area contributed by atoms with Crippen LogP contribution < -0.4 is 0 Å². The standard InChI is InChI=1S/C19H19N5O3/c1-14-18(8-17(10-20-14)24(26)27)19(25)22(2)11-16-9-21-23(13-16)12-15-6-4-3-5-7-15/h3-10,13H,11-12H2,1-2H3. The van der Waals surface area contributed by atoms with Gasteiger partial charge in [0.15, 0.2) is 0 Å². The van der Waals surface area contributed by atoms with E-state index in [2.05, 4.69) is 10.1 Å². The Morgan fingerprint density at radius 2 is 1.96 bits per heavy atom. The van der Waals surface area contributed by atoms with Crippen LogP contribution in [0.15, 0.2) is 55.0 Å². The van der Waals surface area contributed by atoms with Gasteiger partial charge < -0.3 is 4.90 Å². The van der Waals surface area contributed by atoms with Crippen LogP contribution in [0.3, 0.4) is 0 Å². The Morgan fingerprint density at radius 3 is 2.67 bits per heavy atom. The predicted molar refractivity (Wildman–Crippen MR) is 99.2 cm³/mol. The second-order valence-corrected chi connectivity index (χ2v) is 6.28. The third-order valence-electron chi connectivity index (χ3n) is 4.15. The number of amides is 1. The van der Waals surface area contributed by atoms with Gasteiger partial charge in [-0.25, -0.2) is 0 Å². The molecule has 0 saturated carbocycles. The lowest BCUT2D eigenvalue weighted by Gasteiger charge is -2.17. The summed E-state index contributed by atoms with van der Waals surface area (Å²) in [6.45, 7) is 2.64. The minimum Gasteiger partial charge on any atom is -0.337 e. The van der Waals surface area contributed by atoms with Crippen LogP contribution in [-0.2, 0) is 13.1 Å². The second kappa shape index (κ2) is 7.77. The maximum Gasteiger partial charge on any atom is 0.288 e. The van der Waals surface area contributed by atoms with Gasteiger partial charge in [-0.05, 0) is 12.5 Å². The normalized spacial score (nSPS) is 10.6. The number of benzene rings is 1. The van der Waals surface area contributed by atoms with E-state index in [-0.39, 0.29) is 17.2 Å². The van der Waals surface area contributed by atoms with Gasteiger partial charge in [0, 0.05) is 31.4 Å². The topological polar surface area (TPSA) is 94.2 Å². The van der Waals surface area contributed by atoms with E-state index < -0.39 is 4.92 Å². The quantitative estimate of drug-likeness (QED) is 0.494. The first kappa shape index (κ1) is 18.2. The van der Waals surface area contributed by atoms with Crippen LogP contribution in [0, 0.1) is 17.0 Å². The summed E-state index contributed by atoms with van der Waals surface area (Å²) in [6.07, 6.45) is 4.75. The molecule has 3 rings (SSSR count). The van der Waals surface area contributed by atoms with Crippen molar-refractivity contribution >= 4 is 11.6 Å². The molecule has 2 aromatic heterocycles. The van der Waals surface area contributed by atoms with Crippen molar-refractivity contribution in [2.45, 2.75) is 20.0 Å². The molecule has 0 aliphatic heterocycles. The Labute approximate surface area is 156 Å². The number of nitro groups is 1. The summed E-state index contributed by atoms with van der Waals surface area (Å²) in [4.78, 5) is 28.5. The molecule has 0 atom stereocenters. The summed E-state index contributed by atoms with van der Waals surface area (Å²) in [5.74, 6) is -0.320. The van der Waals surface area contributed by atoms with Crippen molar-refractivity contribution in [3.8, 4) is 0 Å². The van der Waals surface area contributed by atoms with Gasteiger partial charge in [0.05, 0.1) is 28.9 Å². The number of hydrogen-bond donors (Lipinski definition) is 0. The van der Waals surface area contributed by atoms with Crippen molar-refractivity contribution in [1.82, 2.24) is 19.7 Å². The van der Waals surface area contributed by atoms with Crippen molar-refractivity contribution in [3.63, 3.8) is 0 Å². The zero-order valence-electron chi connectivity index (χ0n) is 15.1. The molecular formula is C19H19N5O3. The van der Waals surface area contributed by atoms with Crippen molar-refractivity contribution in [2.24, 2.45) is 0 Å². The van der Waals surface area contributed by atoms with Crippen LogP contribution in [0.25, 0.3) is 0 Å². The van der Waals surface area contributed by atoms with Gasteiger partial charge in [-0.15, -0.1) is 0 Å². The maximum absolute atomic E-state index is 12.7. The molecule has 0 aliphatic rings. The summed E-state index contributed by atoms with van der Waals surface area (Å²) in [6, 6.07) is 11.2. The van der Waals surface area contributed by atoms with Gasteiger partial charge in [0.1, 0.15) is 6.20 Å². The van der Waals surface area contributed by atoms with E-state index in [1.54, 1.807) is 20.2 Å². The lowest BCUT2D eigenvalue weighted by atomic mass is 10.1. The number of rotatable bonds is 6. The van der Waals surface area contributed by atoms with Crippen LogP contribution in [0.1, 0.15) is 27.2 Å². The predicted octanol–water partition coefficient (Wildman–Crippen LogP) is 2.82. The number of pyridine rings is 1. The van der Waals surface area contributed by atoms with Crippen LogP contribution in [0.2, 0.25) is 0 Å². The van der Waals surface area contributed by atoms with Crippen molar-refractivity contribution < 1.29 is 9.72 Å². The molecule has 8 heteroatoms. The van der Waals surface area contributed by atoms with E-state index in [4.69, 9.17) is 0 Å². The summed E-state index contributed by atoms with van der Waals surface area (Å²) in [5, 5.41) is 15.3. The molecule has 0 N–H and O–H groups in total. The molecule has 0 spiro atoms. The van der Waals surface area contributed by atoms with E-state index in [9.17, 15) is 14.9 Å². The third-order valence-corrected chi connectivity index (χ3v) is 4.15. The first-order valence-corrected chi connectivity index (χ1v) is 8.36. The highest BCUT2D eigenvalue weighted by Crippen LogP contribution is 2.17. The molecule has 8 nitrogen and oxygen atoms in total. The lowest BCUT2D eigenvalue weighted by Crippen LogP contribution is -2.27. The summed E-state index contributed by atoms with van der Waals surface area (Å²) in [5.41, 5.74) is 2.49. The van der Waals surface area contributed by atoms with Gasteiger partial charge in [-0.2, -0.15) is 5.10 Å². The van der Waals surface area contributed by atoms with Gasteiger partial charge >= 0.3 is 0 Å². The number of hydrogen-bond acceptors (Lipinski definition) is 5. The fourth-order valence-corrected chi connectivity index (χ4v) is 2.73. The van der Waals surface area contributed by atoms with E-state index in [0.29, 0.717) is 18.8 Å². The molecule has 0 saturated heterocycles. The Kier molecular flexibility index (Phi) is 5.25. The minimum absolute atomic E-state index is 0.201. The maximum atomic E-state index is 12.7.